The normalized spacial score (nSPS) is 12.8. The van der Waals surface area contributed by atoms with E-state index in [-0.39, 0.29) is 6.10 Å². The number of aromatic nitrogens is 1. The second kappa shape index (κ2) is 8.48. The van der Waals surface area contributed by atoms with Gasteiger partial charge in [0, 0.05) is 38.1 Å². The van der Waals surface area contributed by atoms with E-state index in [9.17, 15) is 0 Å². The molecule has 1 atom stereocenters. The van der Waals surface area contributed by atoms with Crippen molar-refractivity contribution >= 4 is 17.6 Å². The highest BCUT2D eigenvalue weighted by molar-refractivity contribution is 6.30. The van der Waals surface area contributed by atoms with Crippen LogP contribution in [0.3, 0.4) is 0 Å². The molecular weight excluding hydrogens is 312 g/mol. The van der Waals surface area contributed by atoms with Gasteiger partial charge in [-0.15, -0.1) is 0 Å². The van der Waals surface area contributed by atoms with Crippen molar-refractivity contribution in [2.75, 3.05) is 13.6 Å². The summed E-state index contributed by atoms with van der Waals surface area (Å²) in [5, 5.41) is 7.24. The number of rotatable bonds is 6. The van der Waals surface area contributed by atoms with Crippen LogP contribution >= 0.6 is 11.6 Å². The van der Waals surface area contributed by atoms with E-state index in [2.05, 4.69) is 27.9 Å². The van der Waals surface area contributed by atoms with Gasteiger partial charge in [0.1, 0.15) is 11.9 Å². The van der Waals surface area contributed by atoms with Gasteiger partial charge in [-0.05, 0) is 42.8 Å². The van der Waals surface area contributed by atoms with Crippen LogP contribution in [0.2, 0.25) is 5.02 Å². The quantitative estimate of drug-likeness (QED) is 0.631. The molecule has 1 aromatic heterocycles. The van der Waals surface area contributed by atoms with Gasteiger partial charge < -0.3 is 19.9 Å². The summed E-state index contributed by atoms with van der Waals surface area (Å²) in [7, 11) is 3.76. The Morgan fingerprint density at radius 2 is 2.00 bits per heavy atom. The molecule has 0 aliphatic carbocycles. The van der Waals surface area contributed by atoms with Crippen molar-refractivity contribution in [3.8, 4) is 5.75 Å². The van der Waals surface area contributed by atoms with Gasteiger partial charge in [0.2, 0.25) is 0 Å². The first-order valence-corrected chi connectivity index (χ1v) is 7.92. The number of hydrogen-bond donors (Lipinski definition) is 2. The van der Waals surface area contributed by atoms with E-state index in [0.717, 1.165) is 18.3 Å². The maximum Gasteiger partial charge on any atom is 0.191 e. The molecule has 23 heavy (non-hydrogen) atoms. The van der Waals surface area contributed by atoms with Gasteiger partial charge in [-0.3, -0.25) is 4.99 Å². The van der Waals surface area contributed by atoms with Crippen molar-refractivity contribution in [3.63, 3.8) is 0 Å². The highest BCUT2D eigenvalue weighted by Crippen LogP contribution is 2.16. The van der Waals surface area contributed by atoms with Gasteiger partial charge in [-0.25, -0.2) is 0 Å². The molecular formula is C17H23ClN4O. The first kappa shape index (κ1) is 17.2. The molecule has 5 nitrogen and oxygen atoms in total. The van der Waals surface area contributed by atoms with E-state index < -0.39 is 0 Å². The minimum absolute atomic E-state index is 0.00597. The Morgan fingerprint density at radius 1 is 1.26 bits per heavy atom. The average Bonchev–Trinajstić information content (AvgIpc) is 2.95. The van der Waals surface area contributed by atoms with Crippen molar-refractivity contribution in [1.82, 2.24) is 15.2 Å². The van der Waals surface area contributed by atoms with Crippen LogP contribution in [0.4, 0.5) is 0 Å². The number of nitrogens with zero attached hydrogens (tertiary/aromatic N) is 2. The van der Waals surface area contributed by atoms with Crippen molar-refractivity contribution in [2.24, 2.45) is 12.0 Å². The van der Waals surface area contributed by atoms with E-state index >= 15 is 0 Å². The Labute approximate surface area is 142 Å². The Balaban J connectivity index is 1.75. The van der Waals surface area contributed by atoms with Crippen LogP contribution in [-0.2, 0) is 13.6 Å². The summed E-state index contributed by atoms with van der Waals surface area (Å²) in [5.41, 5.74) is 1.21. The lowest BCUT2D eigenvalue weighted by atomic mass is 10.3. The molecule has 1 unspecified atom stereocenters. The number of guanidine groups is 1. The molecule has 0 saturated heterocycles. The molecule has 0 amide bonds. The molecule has 0 saturated carbocycles. The zero-order valence-corrected chi connectivity index (χ0v) is 14.5. The van der Waals surface area contributed by atoms with Crippen LogP contribution in [0.25, 0.3) is 0 Å². The summed E-state index contributed by atoms with van der Waals surface area (Å²) in [5.74, 6) is 1.55. The van der Waals surface area contributed by atoms with Crippen molar-refractivity contribution in [2.45, 2.75) is 19.6 Å². The van der Waals surface area contributed by atoms with E-state index in [1.165, 1.54) is 5.56 Å². The van der Waals surface area contributed by atoms with Gasteiger partial charge >= 0.3 is 0 Å². The van der Waals surface area contributed by atoms with Crippen LogP contribution in [0.1, 0.15) is 12.5 Å². The summed E-state index contributed by atoms with van der Waals surface area (Å²) in [6, 6.07) is 9.43. The highest BCUT2D eigenvalue weighted by atomic mass is 35.5. The Hall–Kier alpha value is -2.14. The molecule has 2 rings (SSSR count). The number of hydrogen-bond acceptors (Lipinski definition) is 2. The maximum atomic E-state index is 5.86. The second-order valence-corrected chi connectivity index (χ2v) is 5.81. The minimum Gasteiger partial charge on any atom is -0.489 e. The summed E-state index contributed by atoms with van der Waals surface area (Å²) in [6.45, 7) is 3.39. The molecule has 124 valence electrons. The van der Waals surface area contributed by atoms with Gasteiger partial charge in [-0.2, -0.15) is 0 Å². The van der Waals surface area contributed by atoms with Crippen molar-refractivity contribution in [1.29, 1.82) is 0 Å². The molecule has 2 N–H and O–H groups in total. The molecule has 1 heterocycles. The Kier molecular flexibility index (Phi) is 6.35. The molecule has 1 aromatic carbocycles. The topological polar surface area (TPSA) is 50.6 Å². The smallest absolute Gasteiger partial charge is 0.191 e. The molecule has 6 heteroatoms. The molecule has 0 radical (unpaired) electrons. The van der Waals surface area contributed by atoms with E-state index in [0.29, 0.717) is 11.6 Å². The van der Waals surface area contributed by atoms with Crippen molar-refractivity contribution in [3.05, 3.63) is 53.3 Å². The van der Waals surface area contributed by atoms with Crippen LogP contribution in [-0.4, -0.2) is 30.2 Å². The van der Waals surface area contributed by atoms with Crippen molar-refractivity contribution < 1.29 is 4.74 Å². The minimum atomic E-state index is 0.00597. The summed E-state index contributed by atoms with van der Waals surface area (Å²) in [6.07, 6.45) is 4.10. The molecule has 0 bridgehead atoms. The summed E-state index contributed by atoms with van der Waals surface area (Å²) < 4.78 is 7.85. The molecule has 0 fully saturated rings. The van der Waals surface area contributed by atoms with Crippen LogP contribution in [0.15, 0.2) is 47.7 Å². The zero-order valence-electron chi connectivity index (χ0n) is 13.7. The number of benzene rings is 1. The lowest BCUT2D eigenvalue weighted by Gasteiger charge is -2.17. The lowest BCUT2D eigenvalue weighted by Crippen LogP contribution is -2.41. The molecule has 2 aromatic rings. The third-order valence-electron chi connectivity index (χ3n) is 3.28. The third kappa shape index (κ3) is 5.87. The maximum absolute atomic E-state index is 5.86. The highest BCUT2D eigenvalue weighted by Gasteiger charge is 2.06. The second-order valence-electron chi connectivity index (χ2n) is 5.37. The molecule has 0 spiro atoms. The number of aryl methyl sites for hydroxylation is 1. The molecule has 0 aliphatic heterocycles. The number of halogens is 1. The van der Waals surface area contributed by atoms with Gasteiger partial charge in [0.25, 0.3) is 0 Å². The van der Waals surface area contributed by atoms with Crippen LogP contribution in [0, 0.1) is 0 Å². The predicted octanol–water partition coefficient (Wildman–Crippen LogP) is 2.81. The van der Waals surface area contributed by atoms with Crippen LogP contribution < -0.4 is 15.4 Å². The summed E-state index contributed by atoms with van der Waals surface area (Å²) in [4.78, 5) is 4.22. The Morgan fingerprint density at radius 3 is 2.61 bits per heavy atom. The van der Waals surface area contributed by atoms with Gasteiger partial charge in [0.05, 0.1) is 6.54 Å². The third-order valence-corrected chi connectivity index (χ3v) is 3.54. The number of ether oxygens (including phenoxy) is 1. The van der Waals surface area contributed by atoms with E-state index in [4.69, 9.17) is 16.3 Å². The first-order chi connectivity index (χ1) is 11.1. The zero-order chi connectivity index (χ0) is 16.7. The Bertz CT molecular complexity index is 636. The number of nitrogens with one attached hydrogen (secondary N) is 2. The van der Waals surface area contributed by atoms with Gasteiger partial charge in [-0.1, -0.05) is 11.6 Å². The standard InChI is InChI=1S/C17H23ClN4O/c1-13(23-16-6-4-15(18)5-7-16)10-20-17(19-2)21-11-14-8-9-22(3)12-14/h4-9,12-13H,10-11H2,1-3H3,(H2,19,20,21). The fourth-order valence-corrected chi connectivity index (χ4v) is 2.23. The monoisotopic (exact) mass is 334 g/mol. The SMILES string of the molecule is CN=C(NCc1ccn(C)c1)NCC(C)Oc1ccc(Cl)cc1. The fourth-order valence-electron chi connectivity index (χ4n) is 2.10. The van der Waals surface area contributed by atoms with Crippen LogP contribution in [0.5, 0.6) is 5.75 Å². The van der Waals surface area contributed by atoms with Gasteiger partial charge in [0.15, 0.2) is 5.96 Å². The summed E-state index contributed by atoms with van der Waals surface area (Å²) >= 11 is 5.86. The van der Waals surface area contributed by atoms with E-state index in [1.807, 2.05) is 49.0 Å². The largest absolute Gasteiger partial charge is 0.489 e. The van der Waals surface area contributed by atoms with E-state index in [1.54, 1.807) is 7.05 Å². The average molecular weight is 335 g/mol. The lowest BCUT2D eigenvalue weighted by molar-refractivity contribution is 0.224. The first-order valence-electron chi connectivity index (χ1n) is 7.54. The predicted molar refractivity (Wildman–Crippen MR) is 95.2 cm³/mol. The molecule has 0 aliphatic rings. The number of aliphatic imine (C=N–C) groups is 1. The fraction of sp³-hybridized carbons (Fsp3) is 0.353.